The van der Waals surface area contributed by atoms with Crippen LogP contribution in [0.2, 0.25) is 0 Å². The largest absolute Gasteiger partial charge is 0.374 e. The van der Waals surface area contributed by atoms with E-state index < -0.39 is 0 Å². The fourth-order valence-electron chi connectivity index (χ4n) is 2.22. The Hall–Kier alpha value is -1.66. The van der Waals surface area contributed by atoms with E-state index in [0.29, 0.717) is 13.2 Å². The van der Waals surface area contributed by atoms with Gasteiger partial charge in [0.2, 0.25) is 0 Å². The van der Waals surface area contributed by atoms with Gasteiger partial charge in [-0.15, -0.1) is 0 Å². The number of rotatable bonds is 4. The third-order valence-corrected chi connectivity index (χ3v) is 3.18. The molecule has 1 N–H and O–H groups in total. The van der Waals surface area contributed by atoms with E-state index in [-0.39, 0.29) is 16.7 Å². The van der Waals surface area contributed by atoms with E-state index in [0.717, 1.165) is 24.3 Å². The molecular formula is C13H19N3O3. The molecule has 1 unspecified atom stereocenters. The molecule has 1 aromatic rings. The van der Waals surface area contributed by atoms with Gasteiger partial charge in [0.1, 0.15) is 0 Å². The summed E-state index contributed by atoms with van der Waals surface area (Å²) in [5.41, 5.74) is 1.86. The van der Waals surface area contributed by atoms with Crippen LogP contribution < -0.4 is 10.2 Å². The van der Waals surface area contributed by atoms with Crippen LogP contribution >= 0.6 is 0 Å². The Balaban J connectivity index is 2.09. The second kappa shape index (κ2) is 5.99. The fourth-order valence-corrected chi connectivity index (χ4v) is 2.22. The lowest BCUT2D eigenvalue weighted by atomic mass is 10.1. The Morgan fingerprint density at radius 2 is 2.32 bits per heavy atom. The molecule has 0 radical (unpaired) electrons. The van der Waals surface area contributed by atoms with Gasteiger partial charge in [-0.05, 0) is 18.6 Å². The molecule has 1 aromatic carbocycles. The summed E-state index contributed by atoms with van der Waals surface area (Å²) in [6.45, 7) is 5.00. The first-order chi connectivity index (χ1) is 9.06. The normalized spacial score (nSPS) is 19.2. The van der Waals surface area contributed by atoms with Gasteiger partial charge in [0.05, 0.1) is 17.6 Å². The molecule has 6 nitrogen and oxygen atoms in total. The maximum atomic E-state index is 10.9. The van der Waals surface area contributed by atoms with Gasteiger partial charge in [0.15, 0.2) is 0 Å². The van der Waals surface area contributed by atoms with Crippen molar-refractivity contribution in [2.75, 3.05) is 38.2 Å². The van der Waals surface area contributed by atoms with Gasteiger partial charge < -0.3 is 15.0 Å². The topological polar surface area (TPSA) is 67.6 Å². The van der Waals surface area contributed by atoms with E-state index in [2.05, 4.69) is 5.32 Å². The number of nitro groups is 1. The minimum atomic E-state index is -0.358. The van der Waals surface area contributed by atoms with Crippen LogP contribution in [0, 0.1) is 17.0 Å². The number of ether oxygens (including phenoxy) is 1. The number of aryl methyl sites for hydroxylation is 1. The maximum Gasteiger partial charge on any atom is 0.271 e. The minimum Gasteiger partial charge on any atom is -0.374 e. The number of hydrogen-bond acceptors (Lipinski definition) is 5. The number of nitro benzene ring substituents is 1. The van der Waals surface area contributed by atoms with Crippen LogP contribution in [-0.4, -0.2) is 44.3 Å². The van der Waals surface area contributed by atoms with Crippen molar-refractivity contribution in [2.24, 2.45) is 0 Å². The van der Waals surface area contributed by atoms with Crippen LogP contribution in [0.25, 0.3) is 0 Å². The summed E-state index contributed by atoms with van der Waals surface area (Å²) in [6, 6.07) is 5.13. The van der Waals surface area contributed by atoms with Gasteiger partial charge in [-0.25, -0.2) is 0 Å². The second-order valence-electron chi connectivity index (χ2n) is 4.86. The van der Waals surface area contributed by atoms with E-state index in [1.165, 1.54) is 0 Å². The Labute approximate surface area is 112 Å². The molecule has 19 heavy (non-hydrogen) atoms. The molecule has 0 spiro atoms. The molecule has 0 saturated carbocycles. The third-order valence-electron chi connectivity index (χ3n) is 3.18. The Bertz CT molecular complexity index is 458. The van der Waals surface area contributed by atoms with Gasteiger partial charge in [0.25, 0.3) is 5.69 Å². The van der Waals surface area contributed by atoms with Crippen molar-refractivity contribution < 1.29 is 9.66 Å². The van der Waals surface area contributed by atoms with Crippen LogP contribution in [0.4, 0.5) is 11.4 Å². The third kappa shape index (κ3) is 3.65. The van der Waals surface area contributed by atoms with E-state index in [4.69, 9.17) is 4.74 Å². The summed E-state index contributed by atoms with van der Waals surface area (Å²) in [7, 11) is 1.93. The second-order valence-corrected chi connectivity index (χ2v) is 4.86. The molecule has 2 rings (SSSR count). The highest BCUT2D eigenvalue weighted by atomic mass is 16.6. The quantitative estimate of drug-likeness (QED) is 0.657. The van der Waals surface area contributed by atoms with Crippen LogP contribution in [-0.2, 0) is 4.74 Å². The van der Waals surface area contributed by atoms with Gasteiger partial charge >= 0.3 is 0 Å². The van der Waals surface area contributed by atoms with Crippen molar-refractivity contribution in [2.45, 2.75) is 13.0 Å². The summed E-state index contributed by atoms with van der Waals surface area (Å²) < 4.78 is 5.64. The molecule has 1 atom stereocenters. The molecule has 1 fully saturated rings. The SMILES string of the molecule is Cc1cc(N(C)CC2CNCCO2)cc([N+](=O)[O-])c1. The first-order valence-corrected chi connectivity index (χ1v) is 6.36. The Morgan fingerprint density at radius 3 is 2.95 bits per heavy atom. The number of non-ortho nitro benzene ring substituents is 1. The zero-order valence-corrected chi connectivity index (χ0v) is 11.3. The average molecular weight is 265 g/mol. The van der Waals surface area contributed by atoms with Crippen LogP contribution in [0.3, 0.4) is 0 Å². The number of likely N-dealkylation sites (N-methyl/N-ethyl adjacent to an activating group) is 1. The Morgan fingerprint density at radius 1 is 1.53 bits per heavy atom. The standard InChI is InChI=1S/C13H19N3O3/c1-10-5-11(7-12(6-10)16(17)18)15(2)9-13-8-14-3-4-19-13/h5-7,13-14H,3-4,8-9H2,1-2H3. The van der Waals surface area contributed by atoms with E-state index in [1.54, 1.807) is 12.1 Å². The summed E-state index contributed by atoms with van der Waals surface area (Å²) in [5.74, 6) is 0. The van der Waals surface area contributed by atoms with E-state index in [9.17, 15) is 10.1 Å². The number of benzene rings is 1. The number of morpholine rings is 1. The molecule has 1 aliphatic rings. The highest BCUT2D eigenvalue weighted by molar-refractivity contribution is 5.55. The van der Waals surface area contributed by atoms with Crippen LogP contribution in [0.1, 0.15) is 5.56 Å². The van der Waals surface area contributed by atoms with Gasteiger partial charge in [-0.1, -0.05) is 0 Å². The molecule has 0 aromatic heterocycles. The lowest BCUT2D eigenvalue weighted by Gasteiger charge is -2.29. The lowest BCUT2D eigenvalue weighted by Crippen LogP contribution is -2.44. The molecule has 6 heteroatoms. The molecule has 0 bridgehead atoms. The van der Waals surface area contributed by atoms with Crippen molar-refractivity contribution in [1.29, 1.82) is 0 Å². The number of hydrogen-bond donors (Lipinski definition) is 1. The maximum absolute atomic E-state index is 10.9. The summed E-state index contributed by atoms with van der Waals surface area (Å²) in [5, 5.41) is 14.1. The van der Waals surface area contributed by atoms with Crippen molar-refractivity contribution >= 4 is 11.4 Å². The minimum absolute atomic E-state index is 0.123. The average Bonchev–Trinajstić information content (AvgIpc) is 2.39. The van der Waals surface area contributed by atoms with Crippen LogP contribution in [0.15, 0.2) is 18.2 Å². The van der Waals surface area contributed by atoms with Crippen molar-refractivity contribution in [1.82, 2.24) is 5.32 Å². The zero-order chi connectivity index (χ0) is 13.8. The van der Waals surface area contributed by atoms with E-state index in [1.807, 2.05) is 24.9 Å². The van der Waals surface area contributed by atoms with Crippen molar-refractivity contribution in [3.05, 3.63) is 33.9 Å². The number of nitrogens with zero attached hydrogens (tertiary/aromatic N) is 2. The molecule has 1 heterocycles. The first-order valence-electron chi connectivity index (χ1n) is 6.36. The predicted octanol–water partition coefficient (Wildman–Crippen LogP) is 1.33. The zero-order valence-electron chi connectivity index (χ0n) is 11.3. The smallest absolute Gasteiger partial charge is 0.271 e. The molecule has 1 saturated heterocycles. The van der Waals surface area contributed by atoms with Gasteiger partial charge in [-0.2, -0.15) is 0 Å². The van der Waals surface area contributed by atoms with Crippen molar-refractivity contribution in [3.8, 4) is 0 Å². The Kier molecular flexibility index (Phi) is 4.34. The molecule has 0 aliphatic carbocycles. The lowest BCUT2D eigenvalue weighted by molar-refractivity contribution is -0.384. The number of nitrogens with one attached hydrogen (secondary N) is 1. The van der Waals surface area contributed by atoms with Crippen molar-refractivity contribution in [3.63, 3.8) is 0 Å². The summed E-state index contributed by atoms with van der Waals surface area (Å²) in [6.07, 6.45) is 0.123. The highest BCUT2D eigenvalue weighted by Gasteiger charge is 2.17. The molecule has 1 aliphatic heterocycles. The number of anilines is 1. The van der Waals surface area contributed by atoms with Gasteiger partial charge in [0, 0.05) is 44.5 Å². The summed E-state index contributed by atoms with van der Waals surface area (Å²) >= 11 is 0. The molecule has 0 amide bonds. The van der Waals surface area contributed by atoms with Gasteiger partial charge in [-0.3, -0.25) is 10.1 Å². The van der Waals surface area contributed by atoms with Crippen LogP contribution in [0.5, 0.6) is 0 Å². The fraction of sp³-hybridized carbons (Fsp3) is 0.538. The molecular weight excluding hydrogens is 246 g/mol. The molecule has 104 valence electrons. The first kappa shape index (κ1) is 13.8. The predicted molar refractivity (Wildman–Crippen MR) is 73.7 cm³/mol. The summed E-state index contributed by atoms with van der Waals surface area (Å²) in [4.78, 5) is 12.5. The monoisotopic (exact) mass is 265 g/mol. The highest BCUT2D eigenvalue weighted by Crippen LogP contribution is 2.23. The van der Waals surface area contributed by atoms with E-state index >= 15 is 0 Å².